The normalized spacial score (nSPS) is 12.7. The lowest BCUT2D eigenvalue weighted by atomic mass is 10.1. The number of ether oxygens (including phenoxy) is 1. The van der Waals surface area contributed by atoms with Crippen molar-refractivity contribution in [3.05, 3.63) is 12.7 Å². The van der Waals surface area contributed by atoms with E-state index in [1.165, 1.54) is 6.92 Å². The number of rotatable bonds is 6. The topological polar surface area (TPSA) is 9.23 Å². The second-order valence-electron chi connectivity index (χ2n) is 3.69. The average Bonchev–Trinajstić information content (AvgIpc) is 2.12. The minimum Gasteiger partial charge on any atom is -0.381 e. The molecule has 0 rings (SSSR count). The molecule has 92 valence electrons. The predicted molar refractivity (Wildman–Crippen MR) is 61.4 cm³/mol. The van der Waals surface area contributed by atoms with Crippen molar-refractivity contribution in [3.63, 3.8) is 0 Å². The second-order valence-corrected chi connectivity index (χ2v) is 3.69. The second kappa shape index (κ2) is 10.1. The lowest BCUT2D eigenvalue weighted by molar-refractivity contribution is -0.0651. The van der Waals surface area contributed by atoms with E-state index >= 15 is 0 Å². The summed E-state index contributed by atoms with van der Waals surface area (Å²) in [6.07, 6.45) is 3.74. The smallest absolute Gasteiger partial charge is 0.250 e. The maximum absolute atomic E-state index is 12.5. The zero-order valence-corrected chi connectivity index (χ0v) is 10.4. The van der Waals surface area contributed by atoms with Crippen molar-refractivity contribution >= 4 is 0 Å². The van der Waals surface area contributed by atoms with Gasteiger partial charge in [-0.1, -0.05) is 26.3 Å². The molecule has 0 N–H and O–H groups in total. The molecule has 0 radical (unpaired) electrons. The molecule has 0 saturated carbocycles. The standard InChI is InChI=1S/C9H18F2O.C3H6/c1-4-5-6-12-7-8(2)9(3,10)11;1-3-2/h8H,4-7H2,1-3H3;3H,1H2,2H3. The van der Waals surface area contributed by atoms with Crippen LogP contribution in [0.15, 0.2) is 12.7 Å². The SMILES string of the molecule is C=CC.CCCCOCC(C)C(C)(F)F. The molecule has 0 fully saturated rings. The van der Waals surface area contributed by atoms with Crippen molar-refractivity contribution in [2.24, 2.45) is 5.92 Å². The van der Waals surface area contributed by atoms with Crippen LogP contribution in [0.3, 0.4) is 0 Å². The van der Waals surface area contributed by atoms with E-state index in [0.717, 1.165) is 19.8 Å². The number of hydrogen-bond acceptors (Lipinski definition) is 1. The van der Waals surface area contributed by atoms with Gasteiger partial charge in [0.15, 0.2) is 0 Å². The zero-order chi connectivity index (χ0) is 12.3. The molecular weight excluding hydrogens is 198 g/mol. The van der Waals surface area contributed by atoms with Crippen LogP contribution in [0.25, 0.3) is 0 Å². The van der Waals surface area contributed by atoms with Crippen molar-refractivity contribution < 1.29 is 13.5 Å². The zero-order valence-electron chi connectivity index (χ0n) is 10.4. The fourth-order valence-corrected chi connectivity index (χ4v) is 0.653. The summed E-state index contributed by atoms with van der Waals surface area (Å²) in [5, 5.41) is 0. The van der Waals surface area contributed by atoms with E-state index in [0.29, 0.717) is 6.61 Å². The van der Waals surface area contributed by atoms with Crippen molar-refractivity contribution in [1.82, 2.24) is 0 Å². The first-order valence-corrected chi connectivity index (χ1v) is 5.42. The van der Waals surface area contributed by atoms with Crippen molar-refractivity contribution in [2.75, 3.05) is 13.2 Å². The molecule has 0 aliphatic rings. The summed E-state index contributed by atoms with van der Waals surface area (Å²) in [5.41, 5.74) is 0. The van der Waals surface area contributed by atoms with Gasteiger partial charge in [-0.25, -0.2) is 8.78 Å². The molecule has 0 aliphatic heterocycles. The van der Waals surface area contributed by atoms with E-state index in [-0.39, 0.29) is 6.61 Å². The van der Waals surface area contributed by atoms with Gasteiger partial charge in [0.2, 0.25) is 5.92 Å². The van der Waals surface area contributed by atoms with Gasteiger partial charge in [0.1, 0.15) is 0 Å². The monoisotopic (exact) mass is 222 g/mol. The van der Waals surface area contributed by atoms with Crippen molar-refractivity contribution in [2.45, 2.75) is 46.5 Å². The Labute approximate surface area is 92.5 Å². The van der Waals surface area contributed by atoms with Crippen LogP contribution in [-0.2, 0) is 4.74 Å². The van der Waals surface area contributed by atoms with Gasteiger partial charge in [-0.15, -0.1) is 6.58 Å². The lowest BCUT2D eigenvalue weighted by Crippen LogP contribution is -2.26. The maximum Gasteiger partial charge on any atom is 0.250 e. The van der Waals surface area contributed by atoms with Crippen LogP contribution in [0.1, 0.15) is 40.5 Å². The Morgan fingerprint density at radius 2 is 1.93 bits per heavy atom. The lowest BCUT2D eigenvalue weighted by Gasteiger charge is -2.18. The molecule has 0 aromatic heterocycles. The van der Waals surface area contributed by atoms with E-state index < -0.39 is 11.8 Å². The summed E-state index contributed by atoms with van der Waals surface area (Å²) in [6, 6.07) is 0. The highest BCUT2D eigenvalue weighted by Gasteiger charge is 2.29. The molecule has 0 aromatic carbocycles. The van der Waals surface area contributed by atoms with Gasteiger partial charge in [-0.3, -0.25) is 0 Å². The van der Waals surface area contributed by atoms with Crippen molar-refractivity contribution in [3.8, 4) is 0 Å². The molecule has 0 aromatic rings. The third-order valence-electron chi connectivity index (χ3n) is 1.88. The predicted octanol–water partition coefficient (Wildman–Crippen LogP) is 4.29. The first-order valence-electron chi connectivity index (χ1n) is 5.42. The Kier molecular flexibility index (Phi) is 11.4. The van der Waals surface area contributed by atoms with Gasteiger partial charge < -0.3 is 4.74 Å². The molecule has 15 heavy (non-hydrogen) atoms. The van der Waals surface area contributed by atoms with Crippen LogP contribution < -0.4 is 0 Å². The summed E-state index contributed by atoms with van der Waals surface area (Å²) in [5.74, 6) is -3.30. The highest BCUT2D eigenvalue weighted by atomic mass is 19.3. The fraction of sp³-hybridized carbons (Fsp3) is 0.833. The van der Waals surface area contributed by atoms with Crippen LogP contribution >= 0.6 is 0 Å². The molecule has 3 heteroatoms. The highest BCUT2D eigenvalue weighted by Crippen LogP contribution is 2.23. The first-order chi connectivity index (χ1) is 6.90. The summed E-state index contributed by atoms with van der Waals surface area (Å²) >= 11 is 0. The third kappa shape index (κ3) is 13.6. The van der Waals surface area contributed by atoms with Crippen LogP contribution in [0, 0.1) is 5.92 Å². The first kappa shape index (κ1) is 17.0. The molecular formula is C12H24F2O. The molecule has 1 unspecified atom stereocenters. The van der Waals surface area contributed by atoms with Crippen LogP contribution in [0.5, 0.6) is 0 Å². The Balaban J connectivity index is 0. The Morgan fingerprint density at radius 1 is 1.47 bits per heavy atom. The number of unbranched alkanes of at least 4 members (excludes halogenated alkanes) is 1. The largest absolute Gasteiger partial charge is 0.381 e. The van der Waals surface area contributed by atoms with Gasteiger partial charge >= 0.3 is 0 Å². The van der Waals surface area contributed by atoms with E-state index in [9.17, 15) is 8.78 Å². The van der Waals surface area contributed by atoms with E-state index in [2.05, 4.69) is 6.58 Å². The molecule has 0 aliphatic carbocycles. The summed E-state index contributed by atoms with van der Waals surface area (Å²) in [6.45, 7) is 10.5. The maximum atomic E-state index is 12.5. The Bertz CT molecular complexity index is 141. The molecule has 0 amide bonds. The van der Waals surface area contributed by atoms with E-state index in [1.807, 2.05) is 13.8 Å². The number of allylic oxidation sites excluding steroid dienone is 1. The van der Waals surface area contributed by atoms with Gasteiger partial charge in [0, 0.05) is 12.5 Å². The molecule has 0 heterocycles. The molecule has 0 saturated heterocycles. The number of alkyl halides is 2. The Hall–Kier alpha value is -0.440. The molecule has 0 spiro atoms. The van der Waals surface area contributed by atoms with Gasteiger partial charge in [0.05, 0.1) is 6.61 Å². The van der Waals surface area contributed by atoms with E-state index in [1.54, 1.807) is 6.08 Å². The van der Waals surface area contributed by atoms with Crippen LogP contribution in [-0.4, -0.2) is 19.1 Å². The molecule has 1 atom stereocenters. The van der Waals surface area contributed by atoms with Gasteiger partial charge in [-0.05, 0) is 20.3 Å². The number of hydrogen-bond donors (Lipinski definition) is 0. The third-order valence-corrected chi connectivity index (χ3v) is 1.88. The van der Waals surface area contributed by atoms with Crippen LogP contribution in [0.2, 0.25) is 0 Å². The number of halogens is 2. The van der Waals surface area contributed by atoms with Crippen molar-refractivity contribution in [1.29, 1.82) is 0 Å². The van der Waals surface area contributed by atoms with E-state index in [4.69, 9.17) is 4.74 Å². The van der Waals surface area contributed by atoms with Crippen LogP contribution in [0.4, 0.5) is 8.78 Å². The quantitative estimate of drug-likeness (QED) is 0.481. The average molecular weight is 222 g/mol. The molecule has 1 nitrogen and oxygen atoms in total. The Morgan fingerprint density at radius 3 is 2.27 bits per heavy atom. The fourth-order valence-electron chi connectivity index (χ4n) is 0.653. The summed E-state index contributed by atoms with van der Waals surface area (Å²) in [7, 11) is 0. The highest BCUT2D eigenvalue weighted by molar-refractivity contribution is 4.66. The molecule has 0 bridgehead atoms. The van der Waals surface area contributed by atoms with Gasteiger partial charge in [-0.2, -0.15) is 0 Å². The van der Waals surface area contributed by atoms with Gasteiger partial charge in [0.25, 0.3) is 0 Å². The summed E-state index contributed by atoms with van der Waals surface area (Å²) in [4.78, 5) is 0. The minimum atomic E-state index is -2.62. The minimum absolute atomic E-state index is 0.156. The summed E-state index contributed by atoms with van der Waals surface area (Å²) < 4.78 is 30.2.